The Morgan fingerprint density at radius 2 is 1.91 bits per heavy atom. The van der Waals surface area contributed by atoms with E-state index in [4.69, 9.17) is 13.9 Å². The predicted molar refractivity (Wildman–Crippen MR) is 165 cm³/mol. The second kappa shape index (κ2) is 13.8. The number of hydrogen-bond donors (Lipinski definition) is 3. The summed E-state index contributed by atoms with van der Waals surface area (Å²) in [5, 5.41) is 8.77. The molecule has 3 aromatic rings. The Hall–Kier alpha value is -4.25. The van der Waals surface area contributed by atoms with Crippen LogP contribution >= 0.6 is 11.8 Å². The van der Waals surface area contributed by atoms with E-state index in [0.29, 0.717) is 22.7 Å². The molecule has 0 aliphatic carbocycles. The molecular formula is C31H34F4N4O5S. The van der Waals surface area contributed by atoms with E-state index < -0.39 is 29.4 Å². The van der Waals surface area contributed by atoms with Gasteiger partial charge in [-0.15, -0.1) is 0 Å². The highest BCUT2D eigenvalue weighted by Gasteiger charge is 2.36. The molecule has 0 saturated carbocycles. The summed E-state index contributed by atoms with van der Waals surface area (Å²) < 4.78 is 72.5. The first-order valence-electron chi connectivity index (χ1n) is 14.0. The molecule has 9 nitrogen and oxygen atoms in total. The van der Waals surface area contributed by atoms with Gasteiger partial charge in [-0.1, -0.05) is 12.0 Å². The number of nitrogens with zero attached hydrogens (tertiary/aromatic N) is 1. The Balaban J connectivity index is 1.56. The number of halogens is 4. The number of piperidine rings is 1. The molecule has 2 atom stereocenters. The molecule has 1 fully saturated rings. The molecular weight excluding hydrogens is 616 g/mol. The minimum atomic E-state index is -4.62. The van der Waals surface area contributed by atoms with Crippen molar-refractivity contribution in [3.63, 3.8) is 0 Å². The SMILES string of the molecule is CNC(=O)c1ccc(OC)c(NCC#Cc2oc3c(N[C@@H]4CCN(C(=O)OC(C)(C)C)C[C@@H]4F)cccc3c2SC(F)(F)F)c1. The minimum absolute atomic E-state index is 0.00835. The van der Waals surface area contributed by atoms with Crippen LogP contribution in [0.4, 0.5) is 33.7 Å². The number of carbonyl (C=O) groups is 2. The number of likely N-dealkylation sites (tertiary alicyclic amines) is 1. The Morgan fingerprint density at radius 1 is 1.16 bits per heavy atom. The van der Waals surface area contributed by atoms with Crippen molar-refractivity contribution in [2.75, 3.05) is 44.4 Å². The van der Waals surface area contributed by atoms with Gasteiger partial charge in [0.25, 0.3) is 5.91 Å². The summed E-state index contributed by atoms with van der Waals surface area (Å²) in [6.45, 7) is 5.20. The van der Waals surface area contributed by atoms with Gasteiger partial charge >= 0.3 is 11.6 Å². The molecule has 0 spiro atoms. The van der Waals surface area contributed by atoms with Crippen LogP contribution in [0.25, 0.3) is 11.0 Å². The maximum Gasteiger partial charge on any atom is 0.446 e. The van der Waals surface area contributed by atoms with Crippen molar-refractivity contribution >= 4 is 46.1 Å². The van der Waals surface area contributed by atoms with Crippen molar-refractivity contribution in [2.45, 2.75) is 55.4 Å². The highest BCUT2D eigenvalue weighted by molar-refractivity contribution is 8.00. The molecule has 14 heteroatoms. The van der Waals surface area contributed by atoms with Crippen LogP contribution in [0.2, 0.25) is 0 Å². The number of para-hydroxylation sites is 1. The van der Waals surface area contributed by atoms with Crippen molar-refractivity contribution in [3.8, 4) is 17.6 Å². The Morgan fingerprint density at radius 3 is 2.56 bits per heavy atom. The lowest BCUT2D eigenvalue weighted by atomic mass is 10.0. The van der Waals surface area contributed by atoms with Crippen molar-refractivity contribution in [1.82, 2.24) is 10.2 Å². The zero-order valence-corrected chi connectivity index (χ0v) is 26.2. The lowest BCUT2D eigenvalue weighted by Crippen LogP contribution is -2.51. The topological polar surface area (TPSA) is 105 Å². The summed E-state index contributed by atoms with van der Waals surface area (Å²) in [5.41, 5.74) is -4.10. The van der Waals surface area contributed by atoms with E-state index in [9.17, 15) is 22.8 Å². The minimum Gasteiger partial charge on any atom is -0.495 e. The Labute approximate surface area is 262 Å². The number of thioether (sulfide) groups is 1. The molecule has 45 heavy (non-hydrogen) atoms. The second-order valence-electron chi connectivity index (χ2n) is 11.1. The number of methoxy groups -OCH3 is 1. The van der Waals surface area contributed by atoms with Gasteiger partial charge in [-0.2, -0.15) is 13.2 Å². The quantitative estimate of drug-likeness (QED) is 0.149. The number of furan rings is 1. The molecule has 242 valence electrons. The number of hydrogen-bond acceptors (Lipinski definition) is 8. The molecule has 0 unspecified atom stereocenters. The van der Waals surface area contributed by atoms with Crippen molar-refractivity contribution in [3.05, 3.63) is 47.7 Å². The van der Waals surface area contributed by atoms with Gasteiger partial charge in [-0.25, -0.2) is 9.18 Å². The highest BCUT2D eigenvalue weighted by atomic mass is 32.2. The van der Waals surface area contributed by atoms with Gasteiger partial charge in [0.15, 0.2) is 11.3 Å². The lowest BCUT2D eigenvalue weighted by Gasteiger charge is -2.36. The lowest BCUT2D eigenvalue weighted by molar-refractivity contribution is -0.0328. The van der Waals surface area contributed by atoms with Gasteiger partial charge in [0, 0.05) is 24.5 Å². The summed E-state index contributed by atoms with van der Waals surface area (Å²) in [7, 11) is 2.96. The molecule has 2 amide bonds. The molecule has 4 rings (SSSR count). The van der Waals surface area contributed by atoms with Gasteiger partial charge in [-0.05, 0) is 75.2 Å². The number of benzene rings is 2. The number of amides is 2. The Kier molecular flexibility index (Phi) is 10.3. The van der Waals surface area contributed by atoms with Crippen molar-refractivity contribution < 1.29 is 41.0 Å². The third kappa shape index (κ3) is 8.69. The molecule has 0 radical (unpaired) electrons. The molecule has 2 heterocycles. The fraction of sp³-hybridized carbons (Fsp3) is 0.419. The van der Waals surface area contributed by atoms with E-state index in [0.717, 1.165) is 0 Å². The van der Waals surface area contributed by atoms with Crippen molar-refractivity contribution in [1.29, 1.82) is 0 Å². The van der Waals surface area contributed by atoms with Gasteiger partial charge in [0.2, 0.25) is 0 Å². The number of fused-ring (bicyclic) bond motifs is 1. The molecule has 1 aliphatic rings. The van der Waals surface area contributed by atoms with E-state index in [1.165, 1.54) is 25.1 Å². The normalized spacial score (nSPS) is 16.9. The summed E-state index contributed by atoms with van der Waals surface area (Å²) in [4.78, 5) is 25.5. The first kappa shape index (κ1) is 33.6. The molecule has 2 aromatic carbocycles. The maximum atomic E-state index is 15.2. The monoisotopic (exact) mass is 650 g/mol. The largest absolute Gasteiger partial charge is 0.495 e. The average Bonchev–Trinajstić information content (AvgIpc) is 3.31. The zero-order valence-electron chi connectivity index (χ0n) is 25.4. The maximum absolute atomic E-state index is 15.2. The molecule has 1 aliphatic heterocycles. The number of ether oxygens (including phenoxy) is 2. The number of alkyl halides is 4. The number of anilines is 2. The molecule has 1 saturated heterocycles. The van der Waals surface area contributed by atoms with E-state index >= 15 is 4.39 Å². The Bertz CT molecular complexity index is 1610. The van der Waals surface area contributed by atoms with Gasteiger partial charge in [0.05, 0.1) is 42.5 Å². The van der Waals surface area contributed by atoms with E-state index in [1.807, 2.05) is 0 Å². The number of rotatable bonds is 7. The standard InChI is InChI=1S/C31H34F4N4O5S/c1-30(2,3)44-29(41)39-15-13-21(20(32)17-39)38-22-9-6-8-19-26(22)43-25(27(19)45-31(33,34)35)10-7-14-37-23-16-18(28(40)36-4)11-12-24(23)42-5/h6,8-9,11-12,16,20-21,37-38H,13-15,17H2,1-5H3,(H,36,40)/t20-,21+/m0/s1. The fourth-order valence-electron chi connectivity index (χ4n) is 4.66. The van der Waals surface area contributed by atoms with Crippen LogP contribution < -0.4 is 20.7 Å². The van der Waals surface area contributed by atoms with E-state index in [-0.39, 0.29) is 65.3 Å². The molecule has 3 N–H and O–H groups in total. The van der Waals surface area contributed by atoms with Crippen LogP contribution in [-0.4, -0.2) is 74.0 Å². The number of carbonyl (C=O) groups excluding carboxylic acids is 2. The first-order chi connectivity index (χ1) is 21.2. The van der Waals surface area contributed by atoms with Crippen LogP contribution in [0.3, 0.4) is 0 Å². The van der Waals surface area contributed by atoms with Gasteiger partial charge in [0.1, 0.15) is 17.5 Å². The number of nitrogens with one attached hydrogen (secondary N) is 3. The smallest absolute Gasteiger partial charge is 0.446 e. The van der Waals surface area contributed by atoms with E-state index in [1.54, 1.807) is 51.1 Å². The average molecular weight is 651 g/mol. The van der Waals surface area contributed by atoms with Crippen LogP contribution in [0.5, 0.6) is 5.75 Å². The van der Waals surface area contributed by atoms with Crippen LogP contribution in [0.15, 0.2) is 45.7 Å². The summed E-state index contributed by atoms with van der Waals surface area (Å²) in [5.74, 6) is 5.38. The highest BCUT2D eigenvalue weighted by Crippen LogP contribution is 2.45. The third-order valence-corrected chi connectivity index (χ3v) is 7.52. The molecule has 1 aromatic heterocycles. The van der Waals surface area contributed by atoms with E-state index in [2.05, 4.69) is 27.8 Å². The van der Waals surface area contributed by atoms with Crippen LogP contribution in [0.1, 0.15) is 43.3 Å². The second-order valence-corrected chi connectivity index (χ2v) is 12.2. The van der Waals surface area contributed by atoms with Crippen molar-refractivity contribution in [2.24, 2.45) is 0 Å². The van der Waals surface area contributed by atoms with Gasteiger partial charge in [-0.3, -0.25) is 4.79 Å². The first-order valence-corrected chi connectivity index (χ1v) is 14.8. The van der Waals surface area contributed by atoms with Crippen LogP contribution in [-0.2, 0) is 4.74 Å². The molecule has 0 bridgehead atoms. The summed E-state index contributed by atoms with van der Waals surface area (Å²) in [6.07, 6.45) is -1.84. The predicted octanol–water partition coefficient (Wildman–Crippen LogP) is 6.64. The summed E-state index contributed by atoms with van der Waals surface area (Å²) >= 11 is -0.346. The van der Waals surface area contributed by atoms with Crippen LogP contribution in [0, 0.1) is 11.8 Å². The zero-order chi connectivity index (χ0) is 32.9. The van der Waals surface area contributed by atoms with Gasteiger partial charge < -0.3 is 34.7 Å². The third-order valence-electron chi connectivity index (χ3n) is 6.68. The summed E-state index contributed by atoms with van der Waals surface area (Å²) in [6, 6.07) is 8.66. The fourth-order valence-corrected chi connectivity index (χ4v) is 5.35.